The molecule has 2 aliphatic carbocycles. The smallest absolute Gasteiger partial charge is 0.343 e. The molecule has 2 bridgehead atoms. The Bertz CT molecular complexity index is 1250. The average Bonchev–Trinajstić information content (AvgIpc) is 3.25. The quantitative estimate of drug-likeness (QED) is 0.265. The van der Waals surface area contributed by atoms with Crippen molar-refractivity contribution in [2.45, 2.75) is 74.5 Å². The number of nitrogens with one attached hydrogen (secondary N) is 1. The highest BCUT2D eigenvalue weighted by Crippen LogP contribution is 2.65. The third kappa shape index (κ3) is 3.84. The number of carboxylic acid groups (broad SMARTS) is 1. The molecule has 0 saturated carbocycles. The van der Waals surface area contributed by atoms with Crippen molar-refractivity contribution in [2.75, 3.05) is 20.7 Å². The molecule has 1 fully saturated rings. The van der Waals surface area contributed by atoms with Crippen molar-refractivity contribution >= 4 is 17.8 Å². The van der Waals surface area contributed by atoms with Gasteiger partial charge in [-0.05, 0) is 50.1 Å². The van der Waals surface area contributed by atoms with E-state index in [1.165, 1.54) is 7.11 Å². The van der Waals surface area contributed by atoms with Crippen molar-refractivity contribution in [3.8, 4) is 11.5 Å². The Hall–Kier alpha value is -3.19. The lowest BCUT2D eigenvalue weighted by Gasteiger charge is -2.61. The summed E-state index contributed by atoms with van der Waals surface area (Å²) in [7, 11) is 3.48. The van der Waals surface area contributed by atoms with Gasteiger partial charge in [0.1, 0.15) is 11.8 Å². The van der Waals surface area contributed by atoms with Crippen molar-refractivity contribution < 1.29 is 49.0 Å². The Balaban J connectivity index is 1.43. The Labute approximate surface area is 225 Å². The Morgan fingerprint density at radius 2 is 1.92 bits per heavy atom. The largest absolute Gasteiger partial charge is 0.493 e. The molecule has 2 heterocycles. The number of amides is 1. The van der Waals surface area contributed by atoms with Crippen molar-refractivity contribution in [2.24, 2.45) is 5.92 Å². The van der Waals surface area contributed by atoms with E-state index in [0.717, 1.165) is 11.1 Å². The summed E-state index contributed by atoms with van der Waals surface area (Å²) in [5.74, 6) is -3.36. The number of aliphatic hydroxyl groups excluding tert-OH is 2. The number of carboxylic acids is 1. The molecule has 5 N–H and O–H groups in total. The maximum atomic E-state index is 12.9. The first-order chi connectivity index (χ1) is 18.4. The summed E-state index contributed by atoms with van der Waals surface area (Å²) < 4.78 is 17.4. The highest BCUT2D eigenvalue weighted by molar-refractivity contribution is 5.91. The lowest BCUT2D eigenvalue weighted by molar-refractivity contribution is -0.175. The number of esters is 1. The van der Waals surface area contributed by atoms with Gasteiger partial charge in [-0.2, -0.15) is 0 Å². The van der Waals surface area contributed by atoms with Crippen molar-refractivity contribution in [1.82, 2.24) is 10.2 Å². The van der Waals surface area contributed by atoms with Crippen molar-refractivity contribution in [3.63, 3.8) is 0 Å². The van der Waals surface area contributed by atoms with Crippen LogP contribution in [0.1, 0.15) is 37.8 Å². The van der Waals surface area contributed by atoms with Gasteiger partial charge < -0.3 is 44.9 Å². The predicted molar refractivity (Wildman–Crippen MR) is 134 cm³/mol. The van der Waals surface area contributed by atoms with Crippen molar-refractivity contribution in [1.29, 1.82) is 0 Å². The topological polar surface area (TPSA) is 175 Å². The van der Waals surface area contributed by atoms with Gasteiger partial charge in [0.05, 0.1) is 18.1 Å². The standard InChI is InChI=1S/C27H34N2O10/c1-12(2)18(24(33)34)28-23(32)19(30)20(31)25(35)38-15-7-8-27(36)16-11-13-5-6-14(37-4)21-17(13)26(27,22(15)39-21)9-10-29(16)3/h5-7,12,16,18-20,22,30-31,36H,8-11H2,1-4H3,(H,28,32)(H,33,34)/t16-,18?,19?,20?,22?,26+,27-/m1/s1. The van der Waals surface area contributed by atoms with Crippen LogP contribution in [0.5, 0.6) is 11.5 Å². The molecule has 1 aromatic carbocycles. The molecule has 5 rings (SSSR count). The molecular formula is C27H34N2O10. The van der Waals surface area contributed by atoms with Gasteiger partial charge in [0.15, 0.2) is 29.8 Å². The second kappa shape index (κ2) is 9.47. The van der Waals surface area contributed by atoms with Crippen LogP contribution in [-0.2, 0) is 31.0 Å². The second-order valence-electron chi connectivity index (χ2n) is 11.2. The Kier molecular flexibility index (Phi) is 6.65. The van der Waals surface area contributed by atoms with Gasteiger partial charge in [-0.3, -0.25) is 4.79 Å². The van der Waals surface area contributed by atoms with E-state index < -0.39 is 59.1 Å². The first kappa shape index (κ1) is 27.4. The van der Waals surface area contributed by atoms with Gasteiger partial charge >= 0.3 is 11.9 Å². The van der Waals surface area contributed by atoms with E-state index in [0.29, 0.717) is 30.9 Å². The monoisotopic (exact) mass is 546 g/mol. The first-order valence-corrected chi connectivity index (χ1v) is 13.0. The molecule has 1 aromatic rings. The number of aliphatic hydroxyl groups is 3. The number of nitrogens with zero attached hydrogens (tertiary/aromatic N) is 1. The average molecular weight is 547 g/mol. The number of piperidine rings is 1. The molecule has 0 radical (unpaired) electrons. The number of aliphatic carboxylic acids is 1. The third-order valence-corrected chi connectivity index (χ3v) is 8.82. The molecule has 7 atom stereocenters. The number of likely N-dealkylation sites (N-methyl/N-ethyl adjacent to an activating group) is 1. The van der Waals surface area contributed by atoms with Gasteiger partial charge in [0, 0.05) is 18.0 Å². The van der Waals surface area contributed by atoms with Gasteiger partial charge in [0.2, 0.25) is 0 Å². The summed E-state index contributed by atoms with van der Waals surface area (Å²) in [6.07, 6.45) is -2.68. The highest BCUT2D eigenvalue weighted by Gasteiger charge is 2.72. The number of ether oxygens (including phenoxy) is 3. The van der Waals surface area contributed by atoms with E-state index in [1.807, 2.05) is 13.1 Å². The van der Waals surface area contributed by atoms with Crippen LogP contribution in [0, 0.1) is 5.92 Å². The summed E-state index contributed by atoms with van der Waals surface area (Å²) >= 11 is 0. The SMILES string of the molecule is COc1ccc2c3c1OC1C(OC(=O)C(O)C(O)C(=O)NC(C(=O)O)C(C)C)=CC[C@@]4(O)[C@@H](C2)N(C)CC[C@]314. The number of hydrogen-bond acceptors (Lipinski definition) is 10. The third-order valence-electron chi connectivity index (χ3n) is 8.82. The van der Waals surface area contributed by atoms with Gasteiger partial charge in [0.25, 0.3) is 5.91 Å². The Morgan fingerprint density at radius 1 is 1.21 bits per heavy atom. The molecule has 4 aliphatic rings. The van der Waals surface area contributed by atoms with Crippen LogP contribution in [0.25, 0.3) is 0 Å². The number of carbonyl (C=O) groups is 3. The molecule has 1 saturated heterocycles. The summed E-state index contributed by atoms with van der Waals surface area (Å²) in [6, 6.07) is 2.22. The van der Waals surface area contributed by atoms with Gasteiger partial charge in [-0.1, -0.05) is 19.9 Å². The van der Waals surface area contributed by atoms with Crippen molar-refractivity contribution in [3.05, 3.63) is 35.1 Å². The highest BCUT2D eigenvalue weighted by atomic mass is 16.6. The molecule has 1 amide bonds. The van der Waals surface area contributed by atoms with E-state index in [9.17, 15) is 34.8 Å². The second-order valence-corrected chi connectivity index (χ2v) is 11.2. The zero-order valence-corrected chi connectivity index (χ0v) is 22.2. The number of hydrogen-bond donors (Lipinski definition) is 5. The van der Waals surface area contributed by atoms with E-state index in [4.69, 9.17) is 14.2 Å². The fourth-order valence-corrected chi connectivity index (χ4v) is 6.79. The molecule has 212 valence electrons. The molecule has 4 unspecified atom stereocenters. The zero-order chi connectivity index (χ0) is 28.4. The molecule has 2 aliphatic heterocycles. The van der Waals surface area contributed by atoms with Crippen LogP contribution in [0.3, 0.4) is 0 Å². The molecular weight excluding hydrogens is 512 g/mol. The normalized spacial score (nSPS) is 30.8. The van der Waals surface area contributed by atoms with Crippen LogP contribution in [-0.4, -0.2) is 99.9 Å². The minimum absolute atomic E-state index is 0.0522. The number of likely N-dealkylation sites (tertiary alicyclic amines) is 1. The first-order valence-electron chi connectivity index (χ1n) is 13.0. The zero-order valence-electron chi connectivity index (χ0n) is 22.2. The minimum Gasteiger partial charge on any atom is -0.493 e. The summed E-state index contributed by atoms with van der Waals surface area (Å²) in [4.78, 5) is 38.9. The molecule has 1 spiro atoms. The Morgan fingerprint density at radius 3 is 2.56 bits per heavy atom. The number of methoxy groups -OCH3 is 1. The molecule has 12 nitrogen and oxygen atoms in total. The van der Waals surface area contributed by atoms with E-state index in [-0.39, 0.29) is 18.2 Å². The summed E-state index contributed by atoms with van der Waals surface area (Å²) in [6.45, 7) is 3.78. The number of benzene rings is 1. The maximum Gasteiger partial charge on any atom is 0.343 e. The molecule has 0 aromatic heterocycles. The van der Waals surface area contributed by atoms with Crippen LogP contribution >= 0.6 is 0 Å². The number of rotatable bonds is 8. The minimum atomic E-state index is -2.30. The fourth-order valence-electron chi connectivity index (χ4n) is 6.79. The van der Waals surface area contributed by atoms with Crippen LogP contribution in [0.4, 0.5) is 0 Å². The van der Waals surface area contributed by atoms with E-state index in [1.54, 1.807) is 26.0 Å². The lowest BCUT2D eigenvalue weighted by Crippen LogP contribution is -2.74. The van der Waals surface area contributed by atoms with Crippen LogP contribution in [0.15, 0.2) is 24.0 Å². The van der Waals surface area contributed by atoms with Gasteiger partial charge in [-0.15, -0.1) is 0 Å². The summed E-state index contributed by atoms with van der Waals surface area (Å²) in [5, 5.41) is 44.4. The fraction of sp³-hybridized carbons (Fsp3) is 0.593. The lowest BCUT2D eigenvalue weighted by atomic mass is 9.50. The molecule has 12 heteroatoms. The number of carbonyl (C=O) groups excluding carboxylic acids is 2. The maximum absolute atomic E-state index is 12.9. The summed E-state index contributed by atoms with van der Waals surface area (Å²) in [5.41, 5.74) is -0.341. The van der Waals surface area contributed by atoms with E-state index >= 15 is 0 Å². The van der Waals surface area contributed by atoms with Crippen LogP contribution < -0.4 is 14.8 Å². The van der Waals surface area contributed by atoms with Crippen LogP contribution in [0.2, 0.25) is 0 Å². The molecule has 39 heavy (non-hydrogen) atoms. The van der Waals surface area contributed by atoms with Gasteiger partial charge in [-0.25, -0.2) is 9.59 Å². The predicted octanol–water partition coefficient (Wildman–Crippen LogP) is -0.537. The van der Waals surface area contributed by atoms with E-state index in [2.05, 4.69) is 10.2 Å².